The third-order valence-corrected chi connectivity index (χ3v) is 1.20. The molecule has 0 heterocycles. The second kappa shape index (κ2) is 2.47. The van der Waals surface area contributed by atoms with E-state index in [2.05, 4.69) is 11.7 Å². The van der Waals surface area contributed by atoms with Crippen LogP contribution in [0.15, 0.2) is 23.2 Å². The van der Waals surface area contributed by atoms with Crippen LogP contribution in [0.4, 0.5) is 15.8 Å². The first kappa shape index (κ1) is 6.74. The van der Waals surface area contributed by atoms with Crippen LogP contribution in [0.2, 0.25) is 0 Å². The number of hydrogen-bond acceptors (Lipinski definition) is 2. The molecule has 0 aliphatic rings. The number of anilines is 1. The molecule has 10 heavy (non-hydrogen) atoms. The molecule has 0 saturated carbocycles. The summed E-state index contributed by atoms with van der Waals surface area (Å²) in [4.78, 5) is 3.52. The highest BCUT2D eigenvalue weighted by Crippen LogP contribution is 2.22. The molecule has 0 atom stereocenters. The first-order chi connectivity index (χ1) is 4.75. The number of halogens is 1. The summed E-state index contributed by atoms with van der Waals surface area (Å²) in [5, 5.41) is 0. The molecule has 0 aliphatic carbocycles. The summed E-state index contributed by atoms with van der Waals surface area (Å²) in [5.74, 6) is -0.454. The Bertz CT molecular complexity index is 258. The van der Waals surface area contributed by atoms with E-state index in [-0.39, 0.29) is 5.69 Å². The summed E-state index contributed by atoms with van der Waals surface area (Å²) in [5.41, 5.74) is 5.73. The van der Waals surface area contributed by atoms with Crippen molar-refractivity contribution in [1.82, 2.24) is 0 Å². The van der Waals surface area contributed by atoms with E-state index in [1.165, 1.54) is 12.1 Å². The monoisotopic (exact) mass is 138 g/mol. The van der Waals surface area contributed by atoms with E-state index < -0.39 is 5.82 Å². The van der Waals surface area contributed by atoms with E-state index in [9.17, 15) is 4.39 Å². The minimum absolute atomic E-state index is 0.0532. The van der Waals surface area contributed by atoms with Crippen molar-refractivity contribution in [3.63, 3.8) is 0 Å². The lowest BCUT2D eigenvalue weighted by atomic mass is 10.3. The van der Waals surface area contributed by atoms with Crippen molar-refractivity contribution >= 4 is 18.1 Å². The van der Waals surface area contributed by atoms with Crippen molar-refractivity contribution in [3.8, 4) is 0 Å². The summed E-state index contributed by atoms with van der Waals surface area (Å²) in [6.45, 7) is 3.24. The Labute approximate surface area is 58.2 Å². The number of nitrogen functional groups attached to an aromatic ring is 1. The van der Waals surface area contributed by atoms with Gasteiger partial charge in [-0.15, -0.1) is 0 Å². The normalized spacial score (nSPS) is 9.30. The summed E-state index contributed by atoms with van der Waals surface area (Å²) in [6.07, 6.45) is 0. The highest BCUT2D eigenvalue weighted by molar-refractivity contribution is 5.65. The van der Waals surface area contributed by atoms with Crippen LogP contribution in [-0.2, 0) is 0 Å². The Balaban J connectivity index is 3.27. The molecule has 2 N–H and O–H groups in total. The molecular weight excluding hydrogens is 131 g/mol. The number of benzene rings is 1. The van der Waals surface area contributed by atoms with Crippen LogP contribution in [0, 0.1) is 5.82 Å². The predicted molar refractivity (Wildman–Crippen MR) is 40.0 cm³/mol. The van der Waals surface area contributed by atoms with Gasteiger partial charge in [-0.2, -0.15) is 0 Å². The van der Waals surface area contributed by atoms with Crippen LogP contribution >= 0.6 is 0 Å². The molecule has 0 spiro atoms. The third kappa shape index (κ3) is 0.978. The molecular formula is C7H7FN2. The first-order valence-electron chi connectivity index (χ1n) is 2.76. The lowest BCUT2D eigenvalue weighted by Gasteiger charge is -1.97. The van der Waals surface area contributed by atoms with Gasteiger partial charge in [0.15, 0.2) is 0 Å². The van der Waals surface area contributed by atoms with Gasteiger partial charge >= 0.3 is 0 Å². The second-order valence-electron chi connectivity index (χ2n) is 1.83. The van der Waals surface area contributed by atoms with Gasteiger partial charge in [0, 0.05) is 0 Å². The molecule has 0 aliphatic heterocycles. The fraction of sp³-hybridized carbons (Fsp3) is 0. The fourth-order valence-corrected chi connectivity index (χ4v) is 0.664. The van der Waals surface area contributed by atoms with Crippen LogP contribution in [-0.4, -0.2) is 6.72 Å². The zero-order valence-electron chi connectivity index (χ0n) is 5.34. The van der Waals surface area contributed by atoms with E-state index in [0.717, 1.165) is 0 Å². The Kier molecular flexibility index (Phi) is 1.67. The molecule has 2 nitrogen and oxygen atoms in total. The van der Waals surface area contributed by atoms with Gasteiger partial charge in [-0.3, -0.25) is 4.99 Å². The maximum Gasteiger partial charge on any atom is 0.148 e. The van der Waals surface area contributed by atoms with Crippen LogP contribution in [0.25, 0.3) is 0 Å². The van der Waals surface area contributed by atoms with Gasteiger partial charge in [-0.25, -0.2) is 4.39 Å². The minimum Gasteiger partial charge on any atom is -0.395 e. The highest BCUT2D eigenvalue weighted by atomic mass is 19.1. The molecule has 0 fully saturated rings. The molecule has 0 amide bonds. The zero-order valence-corrected chi connectivity index (χ0v) is 5.34. The van der Waals surface area contributed by atoms with E-state index >= 15 is 0 Å². The standard InChI is InChI=1S/C7H7FN2/c1-10-6-4-2-3-5(8)7(6)9/h2-4H,1,9H2. The first-order valence-corrected chi connectivity index (χ1v) is 2.76. The number of rotatable bonds is 1. The summed E-state index contributed by atoms with van der Waals surface area (Å²) < 4.78 is 12.6. The van der Waals surface area contributed by atoms with Gasteiger partial charge in [0.1, 0.15) is 5.82 Å². The van der Waals surface area contributed by atoms with E-state index in [1.807, 2.05) is 0 Å². The largest absolute Gasteiger partial charge is 0.395 e. The smallest absolute Gasteiger partial charge is 0.148 e. The van der Waals surface area contributed by atoms with Gasteiger partial charge in [0.25, 0.3) is 0 Å². The summed E-state index contributed by atoms with van der Waals surface area (Å²) in [7, 11) is 0. The zero-order chi connectivity index (χ0) is 7.56. The van der Waals surface area contributed by atoms with Crippen molar-refractivity contribution in [2.45, 2.75) is 0 Å². The van der Waals surface area contributed by atoms with Crippen molar-refractivity contribution in [2.24, 2.45) is 4.99 Å². The van der Waals surface area contributed by atoms with Gasteiger partial charge in [0.05, 0.1) is 11.4 Å². The maximum absolute atomic E-state index is 12.6. The molecule has 3 heteroatoms. The lowest BCUT2D eigenvalue weighted by Crippen LogP contribution is -1.89. The SMILES string of the molecule is C=Nc1cccc(F)c1N. The van der Waals surface area contributed by atoms with Crippen molar-refractivity contribution in [1.29, 1.82) is 0 Å². The van der Waals surface area contributed by atoms with Gasteiger partial charge in [0.2, 0.25) is 0 Å². The Morgan fingerprint density at radius 3 is 2.70 bits per heavy atom. The van der Waals surface area contributed by atoms with Crippen LogP contribution in [0.1, 0.15) is 0 Å². The van der Waals surface area contributed by atoms with E-state index in [1.54, 1.807) is 6.07 Å². The van der Waals surface area contributed by atoms with Gasteiger partial charge in [-0.1, -0.05) is 6.07 Å². The molecule has 1 aromatic rings. The van der Waals surface area contributed by atoms with Crippen LogP contribution in [0.3, 0.4) is 0 Å². The van der Waals surface area contributed by atoms with Crippen molar-refractivity contribution in [3.05, 3.63) is 24.0 Å². The summed E-state index contributed by atoms with van der Waals surface area (Å²) in [6, 6.07) is 4.42. The molecule has 0 radical (unpaired) electrons. The maximum atomic E-state index is 12.6. The van der Waals surface area contributed by atoms with Crippen LogP contribution < -0.4 is 5.73 Å². The topological polar surface area (TPSA) is 38.4 Å². The number of para-hydroxylation sites is 1. The highest BCUT2D eigenvalue weighted by Gasteiger charge is 1.99. The quantitative estimate of drug-likeness (QED) is 0.466. The molecule has 0 saturated heterocycles. The predicted octanol–water partition coefficient (Wildman–Crippen LogP) is 1.74. The number of aliphatic imine (C=N–C) groups is 1. The lowest BCUT2D eigenvalue weighted by molar-refractivity contribution is 0.633. The Hall–Kier alpha value is -1.38. The van der Waals surface area contributed by atoms with Crippen molar-refractivity contribution < 1.29 is 4.39 Å². The molecule has 1 rings (SSSR count). The third-order valence-electron chi connectivity index (χ3n) is 1.20. The van der Waals surface area contributed by atoms with Gasteiger partial charge < -0.3 is 5.73 Å². The number of hydrogen-bond donors (Lipinski definition) is 1. The average Bonchev–Trinajstić information content (AvgIpc) is 1.95. The van der Waals surface area contributed by atoms with Gasteiger partial charge in [-0.05, 0) is 18.9 Å². The summed E-state index contributed by atoms with van der Waals surface area (Å²) >= 11 is 0. The molecule has 1 aromatic carbocycles. The molecule has 0 unspecified atom stereocenters. The molecule has 0 bridgehead atoms. The molecule has 0 aromatic heterocycles. The minimum atomic E-state index is -0.454. The fourth-order valence-electron chi connectivity index (χ4n) is 0.664. The van der Waals surface area contributed by atoms with Crippen molar-refractivity contribution in [2.75, 3.05) is 5.73 Å². The molecule has 52 valence electrons. The Morgan fingerprint density at radius 2 is 2.20 bits per heavy atom. The van der Waals surface area contributed by atoms with E-state index in [0.29, 0.717) is 5.69 Å². The number of nitrogens with zero attached hydrogens (tertiary/aromatic N) is 1. The van der Waals surface area contributed by atoms with Crippen LogP contribution in [0.5, 0.6) is 0 Å². The number of nitrogens with two attached hydrogens (primary N) is 1. The Morgan fingerprint density at radius 1 is 1.50 bits per heavy atom. The average molecular weight is 138 g/mol. The van der Waals surface area contributed by atoms with E-state index in [4.69, 9.17) is 5.73 Å². The second-order valence-corrected chi connectivity index (χ2v) is 1.83.